The summed E-state index contributed by atoms with van der Waals surface area (Å²) in [5.41, 5.74) is -0.163. The fourth-order valence-corrected chi connectivity index (χ4v) is 4.38. The lowest BCUT2D eigenvalue weighted by molar-refractivity contribution is -0.144. The minimum atomic E-state index is -0.163. The molecular weight excluding hydrogens is 300 g/mol. The number of halogens is 1. The highest BCUT2D eigenvalue weighted by atomic mass is 35.5. The first kappa shape index (κ1) is 18.0. The number of carbonyl (C=O) groups excluding carboxylic acids is 1. The van der Waals surface area contributed by atoms with Crippen molar-refractivity contribution in [3.63, 3.8) is 0 Å². The van der Waals surface area contributed by atoms with Crippen LogP contribution in [0.25, 0.3) is 0 Å². The molecule has 3 aliphatic rings. The third-order valence-electron chi connectivity index (χ3n) is 5.87. The van der Waals surface area contributed by atoms with Crippen LogP contribution in [0.2, 0.25) is 0 Å². The van der Waals surface area contributed by atoms with E-state index in [0.717, 1.165) is 64.1 Å². The smallest absolute Gasteiger partial charge is 0.229 e. The second kappa shape index (κ2) is 7.98. The van der Waals surface area contributed by atoms with Crippen molar-refractivity contribution in [3.8, 4) is 0 Å². The predicted molar refractivity (Wildman–Crippen MR) is 90.3 cm³/mol. The van der Waals surface area contributed by atoms with Gasteiger partial charge in [0.05, 0.1) is 5.41 Å². The molecule has 3 rings (SSSR count). The van der Waals surface area contributed by atoms with Crippen LogP contribution in [0.1, 0.15) is 45.4 Å². The Labute approximate surface area is 140 Å². The van der Waals surface area contributed by atoms with Gasteiger partial charge in [0.2, 0.25) is 5.91 Å². The Morgan fingerprint density at radius 2 is 1.77 bits per heavy atom. The SMILES string of the molecule is CC1(C(=O)N2CCC(C3CCOCC3)CC2)CCCNC1.Cl. The molecule has 22 heavy (non-hydrogen) atoms. The highest BCUT2D eigenvalue weighted by Crippen LogP contribution is 2.34. The molecule has 0 radical (unpaired) electrons. The molecule has 1 amide bonds. The summed E-state index contributed by atoms with van der Waals surface area (Å²) in [6.45, 7) is 7.88. The summed E-state index contributed by atoms with van der Waals surface area (Å²) in [5, 5.41) is 3.39. The number of likely N-dealkylation sites (tertiary alicyclic amines) is 1. The standard InChI is InChI=1S/C17H30N2O2.ClH/c1-17(7-2-8-18-13-17)16(20)19-9-3-14(4-10-19)15-5-11-21-12-6-15;/h14-15,18H,2-13H2,1H3;1H. The maximum Gasteiger partial charge on any atom is 0.229 e. The molecule has 1 N–H and O–H groups in total. The van der Waals surface area contributed by atoms with Crippen LogP contribution in [0.3, 0.4) is 0 Å². The Bertz CT molecular complexity index is 358. The number of ether oxygens (including phenoxy) is 1. The average Bonchev–Trinajstić information content (AvgIpc) is 2.56. The van der Waals surface area contributed by atoms with Crippen molar-refractivity contribution < 1.29 is 9.53 Å². The van der Waals surface area contributed by atoms with Crippen LogP contribution >= 0.6 is 12.4 Å². The molecule has 0 saturated carbocycles. The fraction of sp³-hybridized carbons (Fsp3) is 0.941. The number of amides is 1. The highest BCUT2D eigenvalue weighted by Gasteiger charge is 2.39. The summed E-state index contributed by atoms with van der Waals surface area (Å²) in [7, 11) is 0. The lowest BCUT2D eigenvalue weighted by Gasteiger charge is -2.42. The summed E-state index contributed by atoms with van der Waals surface area (Å²) in [5.74, 6) is 2.04. The number of piperidine rings is 2. The first-order valence-electron chi connectivity index (χ1n) is 8.77. The third kappa shape index (κ3) is 3.95. The van der Waals surface area contributed by atoms with E-state index in [0.29, 0.717) is 5.91 Å². The van der Waals surface area contributed by atoms with Crippen molar-refractivity contribution in [2.75, 3.05) is 39.4 Å². The second-order valence-electron chi connectivity index (χ2n) is 7.42. The van der Waals surface area contributed by atoms with Gasteiger partial charge in [0.1, 0.15) is 0 Å². The van der Waals surface area contributed by atoms with E-state index >= 15 is 0 Å². The maximum atomic E-state index is 12.8. The van der Waals surface area contributed by atoms with Crippen LogP contribution in [-0.4, -0.2) is 50.2 Å². The summed E-state index contributed by atoms with van der Waals surface area (Å²) in [6, 6.07) is 0. The molecule has 0 spiro atoms. The summed E-state index contributed by atoms with van der Waals surface area (Å²) >= 11 is 0. The number of rotatable bonds is 2. The van der Waals surface area contributed by atoms with Crippen molar-refractivity contribution in [2.45, 2.75) is 45.4 Å². The van der Waals surface area contributed by atoms with Gasteiger partial charge in [0, 0.05) is 32.8 Å². The Morgan fingerprint density at radius 1 is 1.14 bits per heavy atom. The van der Waals surface area contributed by atoms with Crippen molar-refractivity contribution in [2.24, 2.45) is 17.3 Å². The molecular formula is C17H31ClN2O2. The first-order valence-corrected chi connectivity index (χ1v) is 8.77. The summed E-state index contributed by atoms with van der Waals surface area (Å²) in [6.07, 6.45) is 7.00. The zero-order valence-corrected chi connectivity index (χ0v) is 14.6. The maximum absolute atomic E-state index is 12.8. The van der Waals surface area contributed by atoms with Crippen LogP contribution in [0.5, 0.6) is 0 Å². The number of nitrogens with zero attached hydrogens (tertiary/aromatic N) is 1. The molecule has 1 atom stereocenters. The Morgan fingerprint density at radius 3 is 2.36 bits per heavy atom. The minimum Gasteiger partial charge on any atom is -0.381 e. The number of nitrogens with one attached hydrogen (secondary N) is 1. The molecule has 3 saturated heterocycles. The van der Waals surface area contributed by atoms with Crippen LogP contribution in [-0.2, 0) is 9.53 Å². The summed E-state index contributed by atoms with van der Waals surface area (Å²) in [4.78, 5) is 15.0. The lowest BCUT2D eigenvalue weighted by atomic mass is 9.78. The van der Waals surface area contributed by atoms with Crippen LogP contribution in [0.4, 0.5) is 0 Å². The van der Waals surface area contributed by atoms with E-state index in [-0.39, 0.29) is 17.8 Å². The van der Waals surface area contributed by atoms with Gasteiger partial charge in [-0.1, -0.05) is 0 Å². The Kier molecular flexibility index (Phi) is 6.54. The molecule has 1 unspecified atom stereocenters. The first-order chi connectivity index (χ1) is 10.2. The van der Waals surface area contributed by atoms with Gasteiger partial charge in [0.25, 0.3) is 0 Å². The molecule has 0 bridgehead atoms. The predicted octanol–water partition coefficient (Wildman–Crippen LogP) is 2.46. The monoisotopic (exact) mass is 330 g/mol. The molecule has 0 aromatic rings. The van der Waals surface area contributed by atoms with Gasteiger partial charge < -0.3 is 15.0 Å². The van der Waals surface area contributed by atoms with Gasteiger partial charge >= 0.3 is 0 Å². The molecule has 0 aromatic carbocycles. The lowest BCUT2D eigenvalue weighted by Crippen LogP contribution is -2.52. The van der Waals surface area contributed by atoms with Crippen LogP contribution in [0.15, 0.2) is 0 Å². The van der Waals surface area contributed by atoms with E-state index in [1.807, 2.05) is 0 Å². The van der Waals surface area contributed by atoms with Crippen molar-refractivity contribution in [1.29, 1.82) is 0 Å². The van der Waals surface area contributed by atoms with E-state index < -0.39 is 0 Å². The zero-order chi connectivity index (χ0) is 14.7. The van der Waals surface area contributed by atoms with Crippen LogP contribution in [0, 0.1) is 17.3 Å². The van der Waals surface area contributed by atoms with Gasteiger partial charge in [-0.05, 0) is 63.8 Å². The van der Waals surface area contributed by atoms with E-state index in [9.17, 15) is 4.79 Å². The van der Waals surface area contributed by atoms with Gasteiger partial charge in [0.15, 0.2) is 0 Å². The Balaban J connectivity index is 0.00000176. The zero-order valence-electron chi connectivity index (χ0n) is 13.8. The van der Waals surface area contributed by atoms with Gasteiger partial charge in [-0.25, -0.2) is 0 Å². The molecule has 3 aliphatic heterocycles. The average molecular weight is 331 g/mol. The Hall–Kier alpha value is -0.320. The van der Waals surface area contributed by atoms with E-state index in [4.69, 9.17) is 4.74 Å². The third-order valence-corrected chi connectivity index (χ3v) is 5.87. The molecule has 0 aliphatic carbocycles. The van der Waals surface area contributed by atoms with E-state index in [1.54, 1.807) is 0 Å². The van der Waals surface area contributed by atoms with Gasteiger partial charge in [-0.2, -0.15) is 0 Å². The normalized spacial score (nSPS) is 31.6. The molecule has 3 fully saturated rings. The van der Waals surface area contributed by atoms with Crippen molar-refractivity contribution in [3.05, 3.63) is 0 Å². The topological polar surface area (TPSA) is 41.6 Å². The largest absolute Gasteiger partial charge is 0.381 e. The van der Waals surface area contributed by atoms with E-state index in [2.05, 4.69) is 17.1 Å². The fourth-order valence-electron chi connectivity index (χ4n) is 4.38. The molecule has 3 heterocycles. The molecule has 128 valence electrons. The second-order valence-corrected chi connectivity index (χ2v) is 7.42. The van der Waals surface area contributed by atoms with Crippen molar-refractivity contribution >= 4 is 18.3 Å². The highest BCUT2D eigenvalue weighted by molar-refractivity contribution is 5.85. The van der Waals surface area contributed by atoms with E-state index in [1.165, 1.54) is 25.7 Å². The summed E-state index contributed by atoms with van der Waals surface area (Å²) < 4.78 is 5.47. The van der Waals surface area contributed by atoms with Crippen LogP contribution < -0.4 is 5.32 Å². The number of hydrogen-bond acceptors (Lipinski definition) is 3. The quantitative estimate of drug-likeness (QED) is 0.845. The van der Waals surface area contributed by atoms with Crippen molar-refractivity contribution in [1.82, 2.24) is 10.2 Å². The number of hydrogen-bond donors (Lipinski definition) is 1. The number of carbonyl (C=O) groups is 1. The van der Waals surface area contributed by atoms with Gasteiger partial charge in [-0.3, -0.25) is 4.79 Å². The molecule has 5 heteroatoms. The minimum absolute atomic E-state index is 0. The molecule has 0 aromatic heterocycles. The van der Waals surface area contributed by atoms with Gasteiger partial charge in [-0.15, -0.1) is 12.4 Å². The molecule has 4 nitrogen and oxygen atoms in total.